The number of halogens is 2. The average Bonchev–Trinajstić information content (AvgIpc) is 2.71. The maximum atomic E-state index is 12.2. The summed E-state index contributed by atoms with van der Waals surface area (Å²) in [5.41, 5.74) is 0. The predicted octanol–water partition coefficient (Wildman–Crippen LogP) is 2.74. The van der Waals surface area contributed by atoms with Crippen molar-refractivity contribution in [3.05, 3.63) is 18.2 Å². The van der Waals surface area contributed by atoms with E-state index in [1.165, 1.54) is 17.0 Å². The molecule has 2 saturated heterocycles. The molecule has 3 heterocycles. The van der Waals surface area contributed by atoms with Crippen molar-refractivity contribution in [2.75, 3.05) is 0 Å². The normalized spacial score (nSPS) is 27.0. The maximum Gasteiger partial charge on any atom is 0.407 e. The van der Waals surface area contributed by atoms with E-state index in [2.05, 4.69) is 9.72 Å². The SMILES string of the molecule is O=C(O)N1C2CCC1CC(Oc1cccc(OC(F)F)n1)C2. The van der Waals surface area contributed by atoms with Gasteiger partial charge >= 0.3 is 12.7 Å². The van der Waals surface area contributed by atoms with E-state index in [4.69, 9.17) is 4.74 Å². The van der Waals surface area contributed by atoms with Crippen LogP contribution in [-0.4, -0.2) is 45.9 Å². The molecule has 1 N–H and O–H groups in total. The molecule has 6 nitrogen and oxygen atoms in total. The number of piperidine rings is 1. The Kier molecular flexibility index (Phi) is 4.00. The molecule has 22 heavy (non-hydrogen) atoms. The summed E-state index contributed by atoms with van der Waals surface area (Å²) in [6.07, 6.45) is 1.78. The van der Waals surface area contributed by atoms with Crippen molar-refractivity contribution in [2.24, 2.45) is 0 Å². The highest BCUT2D eigenvalue weighted by molar-refractivity contribution is 5.66. The third-order valence-electron chi connectivity index (χ3n) is 4.11. The van der Waals surface area contributed by atoms with Crippen LogP contribution in [0.25, 0.3) is 0 Å². The molecule has 120 valence electrons. The van der Waals surface area contributed by atoms with E-state index in [1.807, 2.05) is 0 Å². The Morgan fingerprint density at radius 2 is 1.91 bits per heavy atom. The number of carboxylic acid groups (broad SMARTS) is 1. The fourth-order valence-electron chi connectivity index (χ4n) is 3.32. The quantitative estimate of drug-likeness (QED) is 0.925. The standard InChI is InChI=1S/C14H16F2N2O4/c15-13(16)22-12-3-1-2-11(17-12)21-10-6-8-4-5-9(7-10)18(8)14(19)20/h1-3,8-10,13H,4-7H2,(H,19,20). The molecule has 1 aromatic heterocycles. The summed E-state index contributed by atoms with van der Waals surface area (Å²) in [7, 11) is 0. The highest BCUT2D eigenvalue weighted by atomic mass is 19.3. The van der Waals surface area contributed by atoms with E-state index in [-0.39, 0.29) is 29.9 Å². The summed E-state index contributed by atoms with van der Waals surface area (Å²) in [6, 6.07) is 4.35. The zero-order valence-corrected chi connectivity index (χ0v) is 11.7. The van der Waals surface area contributed by atoms with Crippen LogP contribution in [-0.2, 0) is 0 Å². The number of fused-ring (bicyclic) bond motifs is 2. The largest absolute Gasteiger partial charge is 0.474 e. The van der Waals surface area contributed by atoms with Crippen molar-refractivity contribution in [3.8, 4) is 11.8 Å². The Balaban J connectivity index is 1.64. The number of aromatic nitrogens is 1. The Morgan fingerprint density at radius 1 is 1.27 bits per heavy atom. The Morgan fingerprint density at radius 3 is 2.50 bits per heavy atom. The summed E-state index contributed by atoms with van der Waals surface area (Å²) in [4.78, 5) is 16.6. The number of nitrogens with zero attached hydrogens (tertiary/aromatic N) is 2. The molecule has 2 aliphatic heterocycles. The number of amides is 1. The molecule has 2 fully saturated rings. The first-order valence-electron chi connectivity index (χ1n) is 7.12. The van der Waals surface area contributed by atoms with Gasteiger partial charge < -0.3 is 19.5 Å². The van der Waals surface area contributed by atoms with Crippen LogP contribution in [0.1, 0.15) is 25.7 Å². The van der Waals surface area contributed by atoms with Crippen molar-refractivity contribution in [2.45, 2.75) is 50.5 Å². The van der Waals surface area contributed by atoms with E-state index >= 15 is 0 Å². The second-order valence-corrected chi connectivity index (χ2v) is 5.48. The van der Waals surface area contributed by atoms with Gasteiger partial charge in [0.25, 0.3) is 0 Å². The van der Waals surface area contributed by atoms with E-state index in [0.29, 0.717) is 12.8 Å². The maximum absolute atomic E-state index is 12.2. The molecule has 0 radical (unpaired) electrons. The van der Waals surface area contributed by atoms with Crippen molar-refractivity contribution in [1.82, 2.24) is 9.88 Å². The number of ether oxygens (including phenoxy) is 2. The van der Waals surface area contributed by atoms with Gasteiger partial charge in [-0.2, -0.15) is 13.8 Å². The zero-order chi connectivity index (χ0) is 15.7. The third kappa shape index (κ3) is 3.05. The predicted molar refractivity (Wildman–Crippen MR) is 71.2 cm³/mol. The minimum Gasteiger partial charge on any atom is -0.474 e. The van der Waals surface area contributed by atoms with Gasteiger partial charge in [-0.3, -0.25) is 0 Å². The first-order chi connectivity index (χ1) is 10.5. The molecule has 2 unspecified atom stereocenters. The smallest absolute Gasteiger partial charge is 0.407 e. The zero-order valence-electron chi connectivity index (χ0n) is 11.7. The van der Waals surface area contributed by atoms with Crippen LogP contribution < -0.4 is 9.47 Å². The van der Waals surface area contributed by atoms with Crippen LogP contribution in [0, 0.1) is 0 Å². The van der Waals surface area contributed by atoms with Gasteiger partial charge in [0.2, 0.25) is 11.8 Å². The summed E-state index contributed by atoms with van der Waals surface area (Å²) in [5, 5.41) is 9.20. The van der Waals surface area contributed by atoms with Crippen LogP contribution in [0.5, 0.6) is 11.8 Å². The lowest BCUT2D eigenvalue weighted by molar-refractivity contribution is -0.0533. The summed E-state index contributed by atoms with van der Waals surface area (Å²) >= 11 is 0. The molecular weight excluding hydrogens is 298 g/mol. The van der Waals surface area contributed by atoms with E-state index < -0.39 is 12.7 Å². The summed E-state index contributed by atoms with van der Waals surface area (Å²) in [6.45, 7) is -2.93. The van der Waals surface area contributed by atoms with Crippen LogP contribution >= 0.6 is 0 Å². The van der Waals surface area contributed by atoms with Crippen molar-refractivity contribution < 1.29 is 28.2 Å². The average molecular weight is 314 g/mol. The van der Waals surface area contributed by atoms with Crippen molar-refractivity contribution >= 4 is 6.09 Å². The first kappa shape index (κ1) is 14.8. The summed E-state index contributed by atoms with van der Waals surface area (Å²) in [5.74, 6) is 0.0183. The molecule has 1 aromatic rings. The topological polar surface area (TPSA) is 71.9 Å². The van der Waals surface area contributed by atoms with E-state index in [0.717, 1.165) is 12.8 Å². The molecular formula is C14H16F2N2O4. The number of alkyl halides is 2. The lowest BCUT2D eigenvalue weighted by atomic mass is 10.0. The molecule has 2 atom stereocenters. The van der Waals surface area contributed by atoms with E-state index in [1.54, 1.807) is 6.07 Å². The number of rotatable bonds is 4. The Labute approximate surface area is 125 Å². The minimum absolute atomic E-state index is 0.0400. The van der Waals surface area contributed by atoms with Gasteiger partial charge in [0.1, 0.15) is 6.10 Å². The Hall–Kier alpha value is -2.12. The third-order valence-corrected chi connectivity index (χ3v) is 4.11. The highest BCUT2D eigenvalue weighted by Crippen LogP contribution is 2.37. The van der Waals surface area contributed by atoms with Gasteiger partial charge in [0.05, 0.1) is 0 Å². The van der Waals surface area contributed by atoms with Crippen molar-refractivity contribution in [3.63, 3.8) is 0 Å². The lowest BCUT2D eigenvalue weighted by Crippen LogP contribution is -2.48. The Bertz CT molecular complexity index is 543. The van der Waals surface area contributed by atoms with Crippen molar-refractivity contribution in [1.29, 1.82) is 0 Å². The molecule has 8 heteroatoms. The lowest BCUT2D eigenvalue weighted by Gasteiger charge is -2.36. The van der Waals surface area contributed by atoms with Crippen LogP contribution in [0.2, 0.25) is 0 Å². The molecule has 1 amide bonds. The minimum atomic E-state index is -2.93. The van der Waals surface area contributed by atoms with Gasteiger partial charge in [0.15, 0.2) is 0 Å². The van der Waals surface area contributed by atoms with Gasteiger partial charge in [-0.05, 0) is 12.8 Å². The molecule has 2 bridgehead atoms. The number of hydrogen-bond donors (Lipinski definition) is 1. The monoisotopic (exact) mass is 314 g/mol. The molecule has 0 spiro atoms. The number of hydrogen-bond acceptors (Lipinski definition) is 4. The molecule has 3 rings (SSSR count). The molecule has 0 saturated carbocycles. The fourth-order valence-corrected chi connectivity index (χ4v) is 3.32. The molecule has 0 aromatic carbocycles. The highest BCUT2D eigenvalue weighted by Gasteiger charge is 2.44. The summed E-state index contributed by atoms with van der Waals surface area (Å²) < 4.78 is 34.3. The second-order valence-electron chi connectivity index (χ2n) is 5.48. The van der Waals surface area contributed by atoms with Gasteiger partial charge in [-0.1, -0.05) is 6.07 Å². The van der Waals surface area contributed by atoms with Crippen LogP contribution in [0.4, 0.5) is 13.6 Å². The number of carbonyl (C=O) groups is 1. The number of pyridine rings is 1. The van der Waals surface area contributed by atoms with Gasteiger partial charge in [-0.25, -0.2) is 4.79 Å². The van der Waals surface area contributed by atoms with Gasteiger partial charge in [0, 0.05) is 37.1 Å². The van der Waals surface area contributed by atoms with Crippen LogP contribution in [0.15, 0.2) is 18.2 Å². The van der Waals surface area contributed by atoms with Crippen LogP contribution in [0.3, 0.4) is 0 Å². The van der Waals surface area contributed by atoms with E-state index in [9.17, 15) is 18.7 Å². The fraction of sp³-hybridized carbons (Fsp3) is 0.571. The molecule has 0 aliphatic carbocycles. The van der Waals surface area contributed by atoms with Gasteiger partial charge in [-0.15, -0.1) is 0 Å². The molecule has 2 aliphatic rings. The first-order valence-corrected chi connectivity index (χ1v) is 7.12. The second kappa shape index (κ2) is 5.94.